The molecule has 2 heterocycles. The number of piperazine rings is 1. The largest absolute Gasteiger partial charge is 0.341 e. The number of amides is 2. The maximum atomic E-state index is 13.0. The first-order valence-corrected chi connectivity index (χ1v) is 9.42. The molecule has 2 saturated heterocycles. The summed E-state index contributed by atoms with van der Waals surface area (Å²) in [6.45, 7) is 0.0404. The molecule has 1 aromatic carbocycles. The van der Waals surface area contributed by atoms with Crippen LogP contribution in [0.5, 0.6) is 0 Å². The summed E-state index contributed by atoms with van der Waals surface area (Å²) in [7, 11) is -2.35. The van der Waals surface area contributed by atoms with E-state index in [1.54, 1.807) is 7.05 Å². The maximum absolute atomic E-state index is 13.0. The lowest BCUT2D eigenvalue weighted by atomic mass is 10.2. The van der Waals surface area contributed by atoms with Crippen LogP contribution in [0, 0.1) is 0 Å². The molecule has 2 fully saturated rings. The molecule has 10 heteroatoms. The molecule has 2 aliphatic heterocycles. The van der Waals surface area contributed by atoms with Crippen LogP contribution in [0.25, 0.3) is 0 Å². The van der Waals surface area contributed by atoms with Gasteiger partial charge in [0.05, 0.1) is 11.6 Å². The van der Waals surface area contributed by atoms with E-state index in [0.717, 1.165) is 0 Å². The molecule has 0 spiro atoms. The third-order valence-electron chi connectivity index (χ3n) is 4.21. The summed E-state index contributed by atoms with van der Waals surface area (Å²) >= 11 is 11.9. The molecule has 24 heavy (non-hydrogen) atoms. The molecule has 1 aromatic rings. The Morgan fingerprint density at radius 1 is 1.17 bits per heavy atom. The SMILES string of the molecule is CN1CC2N(CC1=O)C(=O)CCN2S(=O)(=O)c1ccc(Cl)cc1Cl. The zero-order valence-corrected chi connectivity index (χ0v) is 15.1. The van der Waals surface area contributed by atoms with Crippen molar-refractivity contribution in [3.63, 3.8) is 0 Å². The van der Waals surface area contributed by atoms with Crippen LogP contribution in [0.1, 0.15) is 6.42 Å². The lowest BCUT2D eigenvalue weighted by Gasteiger charge is -2.47. The van der Waals surface area contributed by atoms with E-state index in [2.05, 4.69) is 0 Å². The summed E-state index contributed by atoms with van der Waals surface area (Å²) in [5.74, 6) is -0.446. The van der Waals surface area contributed by atoms with Crippen molar-refractivity contribution >= 4 is 45.0 Å². The van der Waals surface area contributed by atoms with Gasteiger partial charge < -0.3 is 9.80 Å². The molecule has 0 radical (unpaired) electrons. The van der Waals surface area contributed by atoms with Crippen molar-refractivity contribution in [2.45, 2.75) is 17.5 Å². The molecule has 0 saturated carbocycles. The smallest absolute Gasteiger partial charge is 0.246 e. The Morgan fingerprint density at radius 2 is 1.88 bits per heavy atom. The van der Waals surface area contributed by atoms with Gasteiger partial charge in [-0.1, -0.05) is 23.2 Å². The number of sulfonamides is 1. The van der Waals surface area contributed by atoms with Crippen LogP contribution in [-0.4, -0.2) is 67.2 Å². The second-order valence-corrected chi connectivity index (χ2v) is 8.42. The van der Waals surface area contributed by atoms with E-state index < -0.39 is 16.2 Å². The molecule has 7 nitrogen and oxygen atoms in total. The third-order valence-corrected chi connectivity index (χ3v) is 6.82. The molecular formula is C14H15Cl2N3O4S. The van der Waals surface area contributed by atoms with Crippen molar-refractivity contribution in [2.75, 3.05) is 26.7 Å². The Hall–Kier alpha value is -1.35. The first kappa shape index (κ1) is 17.5. The van der Waals surface area contributed by atoms with Crippen LogP contribution in [0.3, 0.4) is 0 Å². The van der Waals surface area contributed by atoms with Crippen LogP contribution >= 0.6 is 23.2 Å². The van der Waals surface area contributed by atoms with E-state index in [9.17, 15) is 18.0 Å². The second kappa shape index (κ2) is 6.18. The molecule has 2 aliphatic rings. The van der Waals surface area contributed by atoms with Crippen molar-refractivity contribution in [1.29, 1.82) is 0 Å². The molecule has 3 rings (SSSR count). The minimum absolute atomic E-state index is 0.0196. The predicted molar refractivity (Wildman–Crippen MR) is 88.1 cm³/mol. The predicted octanol–water partition coefficient (Wildman–Crippen LogP) is 1.01. The van der Waals surface area contributed by atoms with E-state index in [1.165, 1.54) is 32.3 Å². The number of carbonyl (C=O) groups excluding carboxylic acids is 2. The number of hydrogen-bond donors (Lipinski definition) is 0. The fourth-order valence-electron chi connectivity index (χ4n) is 2.91. The van der Waals surface area contributed by atoms with Gasteiger partial charge in [-0.25, -0.2) is 8.42 Å². The first-order valence-electron chi connectivity index (χ1n) is 7.22. The number of hydrogen-bond acceptors (Lipinski definition) is 4. The standard InChI is InChI=1S/C14H15Cl2N3O4S/c1-17-7-12-18(8-14(17)21)13(20)4-5-19(12)24(22,23)11-3-2-9(15)6-10(11)16/h2-3,6,12H,4-5,7-8H2,1H3. The van der Waals surface area contributed by atoms with Crippen LogP contribution in [0.2, 0.25) is 10.0 Å². The Kier molecular flexibility index (Phi) is 4.50. The van der Waals surface area contributed by atoms with Gasteiger partial charge in [0.15, 0.2) is 0 Å². The van der Waals surface area contributed by atoms with Crippen LogP contribution in [-0.2, 0) is 19.6 Å². The van der Waals surface area contributed by atoms with E-state index in [0.29, 0.717) is 5.02 Å². The van der Waals surface area contributed by atoms with Gasteiger partial charge >= 0.3 is 0 Å². The number of carbonyl (C=O) groups is 2. The number of halogens is 2. The highest BCUT2D eigenvalue weighted by atomic mass is 35.5. The lowest BCUT2D eigenvalue weighted by Crippen LogP contribution is -2.66. The highest BCUT2D eigenvalue weighted by Crippen LogP contribution is 2.31. The van der Waals surface area contributed by atoms with Gasteiger partial charge in [0.2, 0.25) is 21.8 Å². The number of fused-ring (bicyclic) bond motifs is 1. The normalized spacial score (nSPS) is 22.7. The third kappa shape index (κ3) is 2.88. The highest BCUT2D eigenvalue weighted by molar-refractivity contribution is 7.89. The van der Waals surface area contributed by atoms with Crippen molar-refractivity contribution < 1.29 is 18.0 Å². The van der Waals surface area contributed by atoms with Crippen molar-refractivity contribution in [1.82, 2.24) is 14.1 Å². The molecule has 0 bridgehead atoms. The van der Waals surface area contributed by atoms with E-state index >= 15 is 0 Å². The van der Waals surface area contributed by atoms with Crippen LogP contribution in [0.4, 0.5) is 0 Å². The molecule has 1 unspecified atom stereocenters. The zero-order valence-electron chi connectivity index (χ0n) is 12.8. The highest BCUT2D eigenvalue weighted by Gasteiger charge is 2.45. The minimum Gasteiger partial charge on any atom is -0.341 e. The monoisotopic (exact) mass is 391 g/mol. The molecule has 1 atom stereocenters. The summed E-state index contributed by atoms with van der Waals surface area (Å²) in [4.78, 5) is 26.6. The summed E-state index contributed by atoms with van der Waals surface area (Å²) in [5, 5.41) is 0.351. The van der Waals surface area contributed by atoms with Crippen LogP contribution in [0.15, 0.2) is 23.1 Å². The van der Waals surface area contributed by atoms with Crippen molar-refractivity contribution in [2.24, 2.45) is 0 Å². The van der Waals surface area contributed by atoms with Gasteiger partial charge in [-0.15, -0.1) is 0 Å². The molecule has 2 amide bonds. The average molecular weight is 392 g/mol. The van der Waals surface area contributed by atoms with E-state index in [1.807, 2.05) is 0 Å². The van der Waals surface area contributed by atoms with E-state index in [4.69, 9.17) is 23.2 Å². The molecule has 0 aromatic heterocycles. The van der Waals surface area contributed by atoms with Gasteiger partial charge in [0.1, 0.15) is 17.6 Å². The summed E-state index contributed by atoms with van der Waals surface area (Å²) in [6.07, 6.45) is -0.705. The fraction of sp³-hybridized carbons (Fsp3) is 0.429. The number of rotatable bonds is 2. The molecule has 130 valence electrons. The fourth-order valence-corrected chi connectivity index (χ4v) is 5.24. The van der Waals surface area contributed by atoms with Gasteiger partial charge in [0, 0.05) is 25.0 Å². The molecule has 0 N–H and O–H groups in total. The van der Waals surface area contributed by atoms with Crippen molar-refractivity contribution in [3.8, 4) is 0 Å². The first-order chi connectivity index (χ1) is 11.2. The lowest BCUT2D eigenvalue weighted by molar-refractivity contribution is -0.155. The molecular weight excluding hydrogens is 377 g/mol. The van der Waals surface area contributed by atoms with Crippen molar-refractivity contribution in [3.05, 3.63) is 28.2 Å². The Labute approximate surface area is 149 Å². The Bertz CT molecular complexity index is 814. The van der Waals surface area contributed by atoms with Gasteiger partial charge in [0.25, 0.3) is 0 Å². The van der Waals surface area contributed by atoms with E-state index in [-0.39, 0.29) is 47.8 Å². The van der Waals surface area contributed by atoms with Crippen LogP contribution < -0.4 is 0 Å². The summed E-state index contributed by atoms with van der Waals surface area (Å²) < 4.78 is 27.3. The Balaban J connectivity index is 2.00. The van der Waals surface area contributed by atoms with Gasteiger partial charge in [-0.2, -0.15) is 4.31 Å². The number of nitrogens with zero attached hydrogens (tertiary/aromatic N) is 3. The minimum atomic E-state index is -3.93. The Morgan fingerprint density at radius 3 is 2.54 bits per heavy atom. The number of likely N-dealkylation sites (N-methyl/N-ethyl adjacent to an activating group) is 1. The number of benzene rings is 1. The topological polar surface area (TPSA) is 78.0 Å². The second-order valence-electron chi connectivity index (χ2n) is 5.72. The summed E-state index contributed by atoms with van der Waals surface area (Å²) in [6, 6.07) is 4.15. The summed E-state index contributed by atoms with van der Waals surface area (Å²) in [5.41, 5.74) is 0. The zero-order chi connectivity index (χ0) is 17.6. The van der Waals surface area contributed by atoms with Gasteiger partial charge in [-0.05, 0) is 18.2 Å². The maximum Gasteiger partial charge on any atom is 0.246 e. The quantitative estimate of drug-likeness (QED) is 0.753. The van der Waals surface area contributed by atoms with Gasteiger partial charge in [-0.3, -0.25) is 9.59 Å². The average Bonchev–Trinajstić information content (AvgIpc) is 2.49. The molecule has 0 aliphatic carbocycles.